The fourth-order valence-electron chi connectivity index (χ4n) is 3.21. The van der Waals surface area contributed by atoms with Crippen molar-refractivity contribution >= 4 is 23.2 Å². The van der Waals surface area contributed by atoms with Crippen LogP contribution in [0.4, 0.5) is 0 Å². The van der Waals surface area contributed by atoms with Crippen LogP contribution in [0.3, 0.4) is 0 Å². The molecule has 1 aliphatic heterocycles. The summed E-state index contributed by atoms with van der Waals surface area (Å²) in [5, 5.41) is 5.81. The molecule has 1 amide bonds. The molecule has 0 N–H and O–H groups in total. The minimum atomic E-state index is -0.474. The molecule has 3 aromatic heterocycles. The minimum Gasteiger partial charge on any atom is -0.461 e. The second-order valence-electron chi connectivity index (χ2n) is 6.41. The molecule has 8 nitrogen and oxygen atoms in total. The summed E-state index contributed by atoms with van der Waals surface area (Å²) < 4.78 is 15.4. The highest BCUT2D eigenvalue weighted by Gasteiger charge is 2.31. The summed E-state index contributed by atoms with van der Waals surface area (Å²) in [5.41, 5.74) is 0. The Hall–Kier alpha value is -2.94. The van der Waals surface area contributed by atoms with Gasteiger partial charge >= 0.3 is 5.97 Å². The summed E-state index contributed by atoms with van der Waals surface area (Å²) in [6, 6.07) is 7.55. The topological polar surface area (TPSA) is 98.7 Å². The summed E-state index contributed by atoms with van der Waals surface area (Å²) in [4.78, 5) is 31.6. The summed E-state index contributed by atoms with van der Waals surface area (Å²) in [5.74, 6) is 0.498. The van der Waals surface area contributed by atoms with Gasteiger partial charge in [0.2, 0.25) is 11.7 Å². The SMILES string of the molecule is O=C(CCc1nc(-c2ccco2)no1)OCC(=O)N1CCCC1c1cccs1. The van der Waals surface area contributed by atoms with Crippen molar-refractivity contribution in [2.24, 2.45) is 0 Å². The predicted octanol–water partition coefficient (Wildman–Crippen LogP) is 3.23. The van der Waals surface area contributed by atoms with Gasteiger partial charge in [0.1, 0.15) is 0 Å². The number of aromatic nitrogens is 2. The number of likely N-dealkylation sites (tertiary alicyclic amines) is 1. The molecule has 1 atom stereocenters. The largest absolute Gasteiger partial charge is 0.461 e. The zero-order valence-electron chi connectivity index (χ0n) is 15.1. The van der Waals surface area contributed by atoms with Crippen molar-refractivity contribution in [1.82, 2.24) is 15.0 Å². The van der Waals surface area contributed by atoms with Crippen LogP contribution in [-0.4, -0.2) is 40.1 Å². The molecule has 0 radical (unpaired) electrons. The fraction of sp³-hybridized carbons (Fsp3) is 0.368. The van der Waals surface area contributed by atoms with Gasteiger partial charge in [-0.1, -0.05) is 11.2 Å². The van der Waals surface area contributed by atoms with E-state index in [-0.39, 0.29) is 31.4 Å². The lowest BCUT2D eigenvalue weighted by Gasteiger charge is -2.23. The number of carbonyl (C=O) groups excluding carboxylic acids is 2. The minimum absolute atomic E-state index is 0.0570. The summed E-state index contributed by atoms with van der Waals surface area (Å²) in [6.07, 6.45) is 3.71. The lowest BCUT2D eigenvalue weighted by atomic mass is 10.2. The van der Waals surface area contributed by atoms with E-state index in [9.17, 15) is 9.59 Å². The highest BCUT2D eigenvalue weighted by Crippen LogP contribution is 2.34. The van der Waals surface area contributed by atoms with E-state index in [2.05, 4.69) is 10.1 Å². The second kappa shape index (κ2) is 8.39. The molecular formula is C19H19N3O5S. The van der Waals surface area contributed by atoms with Crippen LogP contribution < -0.4 is 0 Å². The molecule has 3 aromatic rings. The number of rotatable bonds is 7. The van der Waals surface area contributed by atoms with Crippen molar-refractivity contribution in [3.63, 3.8) is 0 Å². The highest BCUT2D eigenvalue weighted by atomic mass is 32.1. The molecule has 1 fully saturated rings. The van der Waals surface area contributed by atoms with Crippen molar-refractivity contribution in [2.45, 2.75) is 31.7 Å². The number of aryl methyl sites for hydroxylation is 1. The third-order valence-corrected chi connectivity index (χ3v) is 5.53. The fourth-order valence-corrected chi connectivity index (χ4v) is 4.08. The Morgan fingerprint density at radius 2 is 2.25 bits per heavy atom. The van der Waals surface area contributed by atoms with E-state index in [1.165, 1.54) is 11.1 Å². The number of hydrogen-bond donors (Lipinski definition) is 0. The number of esters is 1. The molecule has 4 rings (SSSR count). The van der Waals surface area contributed by atoms with Crippen molar-refractivity contribution < 1.29 is 23.3 Å². The Labute approximate surface area is 165 Å². The van der Waals surface area contributed by atoms with Gasteiger partial charge in [0, 0.05) is 17.8 Å². The zero-order chi connectivity index (χ0) is 19.3. The van der Waals surface area contributed by atoms with Crippen LogP contribution in [0.15, 0.2) is 44.8 Å². The molecule has 0 spiro atoms. The number of amides is 1. The first kappa shape index (κ1) is 18.4. The van der Waals surface area contributed by atoms with E-state index >= 15 is 0 Å². The second-order valence-corrected chi connectivity index (χ2v) is 7.39. The number of furan rings is 1. The molecule has 1 unspecified atom stereocenters. The molecule has 9 heteroatoms. The first-order valence-electron chi connectivity index (χ1n) is 9.05. The zero-order valence-corrected chi connectivity index (χ0v) is 15.9. The first-order valence-corrected chi connectivity index (χ1v) is 9.93. The van der Waals surface area contributed by atoms with Crippen molar-refractivity contribution in [2.75, 3.05) is 13.2 Å². The van der Waals surface area contributed by atoms with Crippen LogP contribution in [0.25, 0.3) is 11.6 Å². The van der Waals surface area contributed by atoms with E-state index in [0.29, 0.717) is 24.0 Å². The van der Waals surface area contributed by atoms with E-state index in [1.54, 1.807) is 28.4 Å². The van der Waals surface area contributed by atoms with Crippen molar-refractivity contribution in [3.05, 3.63) is 46.7 Å². The molecule has 146 valence electrons. The Balaban J connectivity index is 1.24. The molecule has 0 aliphatic carbocycles. The van der Waals surface area contributed by atoms with Gasteiger partial charge in [-0.3, -0.25) is 9.59 Å². The number of thiophene rings is 1. The number of hydrogen-bond acceptors (Lipinski definition) is 8. The van der Waals surface area contributed by atoms with E-state index < -0.39 is 5.97 Å². The molecule has 1 saturated heterocycles. The van der Waals surface area contributed by atoms with E-state index in [4.69, 9.17) is 13.7 Å². The average Bonchev–Trinajstić information content (AvgIpc) is 3.50. The van der Waals surface area contributed by atoms with Gasteiger partial charge in [0.25, 0.3) is 5.91 Å². The van der Waals surface area contributed by atoms with Crippen LogP contribution in [0.2, 0.25) is 0 Å². The van der Waals surface area contributed by atoms with Gasteiger partial charge in [0.15, 0.2) is 12.4 Å². The quantitative estimate of drug-likeness (QED) is 0.561. The summed E-state index contributed by atoms with van der Waals surface area (Å²) in [7, 11) is 0. The molecule has 0 aromatic carbocycles. The molecular weight excluding hydrogens is 382 g/mol. The predicted molar refractivity (Wildman–Crippen MR) is 99.3 cm³/mol. The highest BCUT2D eigenvalue weighted by molar-refractivity contribution is 7.10. The van der Waals surface area contributed by atoms with Crippen LogP contribution in [-0.2, 0) is 20.7 Å². The van der Waals surface area contributed by atoms with Gasteiger partial charge in [-0.05, 0) is 36.4 Å². The van der Waals surface area contributed by atoms with Crippen LogP contribution in [0.1, 0.15) is 36.1 Å². The number of nitrogens with zero attached hydrogens (tertiary/aromatic N) is 3. The molecule has 1 aliphatic rings. The molecule has 28 heavy (non-hydrogen) atoms. The van der Waals surface area contributed by atoms with E-state index in [0.717, 1.165) is 12.8 Å². The van der Waals surface area contributed by atoms with Crippen molar-refractivity contribution in [1.29, 1.82) is 0 Å². The van der Waals surface area contributed by atoms with Gasteiger partial charge in [0.05, 0.1) is 18.7 Å². The average molecular weight is 401 g/mol. The molecule has 4 heterocycles. The van der Waals surface area contributed by atoms with Crippen molar-refractivity contribution in [3.8, 4) is 11.6 Å². The Kier molecular flexibility index (Phi) is 5.52. The lowest BCUT2D eigenvalue weighted by molar-refractivity contribution is -0.152. The molecule has 0 saturated carbocycles. The Morgan fingerprint density at radius 3 is 3.04 bits per heavy atom. The number of ether oxygens (including phenoxy) is 1. The normalized spacial score (nSPS) is 16.4. The maximum absolute atomic E-state index is 12.5. The third kappa shape index (κ3) is 4.14. The third-order valence-electron chi connectivity index (χ3n) is 4.55. The maximum Gasteiger partial charge on any atom is 0.306 e. The van der Waals surface area contributed by atoms with E-state index in [1.807, 2.05) is 17.5 Å². The van der Waals surface area contributed by atoms with Gasteiger partial charge in [-0.15, -0.1) is 11.3 Å². The Morgan fingerprint density at radius 1 is 1.32 bits per heavy atom. The summed E-state index contributed by atoms with van der Waals surface area (Å²) >= 11 is 1.64. The number of carbonyl (C=O) groups is 2. The first-order chi connectivity index (χ1) is 13.7. The van der Waals surface area contributed by atoms with Crippen LogP contribution in [0, 0.1) is 0 Å². The Bertz CT molecular complexity index is 919. The van der Waals surface area contributed by atoms with Gasteiger partial charge in [-0.25, -0.2) is 0 Å². The monoisotopic (exact) mass is 401 g/mol. The standard InChI is InChI=1S/C19H19N3O5S/c23-17(22-9-1-4-13(22)15-6-3-11-28-15)12-26-18(24)8-7-16-20-19(21-27-16)14-5-2-10-25-14/h2-3,5-6,10-11,13H,1,4,7-9,12H2. The van der Waals surface area contributed by atoms with Gasteiger partial charge < -0.3 is 18.6 Å². The lowest BCUT2D eigenvalue weighted by Crippen LogP contribution is -2.34. The smallest absolute Gasteiger partial charge is 0.306 e. The van der Waals surface area contributed by atoms with Crippen LogP contribution in [0.5, 0.6) is 0 Å². The maximum atomic E-state index is 12.5. The van der Waals surface area contributed by atoms with Gasteiger partial charge in [-0.2, -0.15) is 4.98 Å². The van der Waals surface area contributed by atoms with Crippen LogP contribution >= 0.6 is 11.3 Å². The molecule has 0 bridgehead atoms. The summed E-state index contributed by atoms with van der Waals surface area (Å²) in [6.45, 7) is 0.443.